The van der Waals surface area contributed by atoms with Crippen molar-refractivity contribution >= 4 is 21.8 Å². The van der Waals surface area contributed by atoms with E-state index in [9.17, 15) is 22.8 Å². The van der Waals surface area contributed by atoms with Crippen LogP contribution in [0.2, 0.25) is 0 Å². The van der Waals surface area contributed by atoms with Crippen LogP contribution in [0.25, 0.3) is 0 Å². The van der Waals surface area contributed by atoms with Gasteiger partial charge < -0.3 is 9.47 Å². The Bertz CT molecular complexity index is 1290. The van der Waals surface area contributed by atoms with Crippen molar-refractivity contribution in [2.75, 3.05) is 13.1 Å². The van der Waals surface area contributed by atoms with Gasteiger partial charge in [0.05, 0.1) is 10.3 Å². The van der Waals surface area contributed by atoms with Gasteiger partial charge in [0.15, 0.2) is 0 Å². The number of amides is 2. The second kappa shape index (κ2) is 9.84. The summed E-state index contributed by atoms with van der Waals surface area (Å²) in [6, 6.07) is 11.5. The first-order chi connectivity index (χ1) is 17.3. The Morgan fingerprint density at radius 2 is 1.67 bits per heavy atom. The third-order valence-electron chi connectivity index (χ3n) is 7.97. The van der Waals surface area contributed by atoms with Gasteiger partial charge in [-0.15, -0.1) is 0 Å². The highest BCUT2D eigenvalue weighted by Crippen LogP contribution is 2.62. The second-order valence-corrected chi connectivity index (χ2v) is 12.1. The van der Waals surface area contributed by atoms with Crippen molar-refractivity contribution in [1.82, 2.24) is 14.2 Å². The van der Waals surface area contributed by atoms with Gasteiger partial charge in [0.1, 0.15) is 0 Å². The number of rotatable bonds is 9. The van der Waals surface area contributed by atoms with Gasteiger partial charge in [0.25, 0.3) is 10.0 Å². The Kier molecular flexibility index (Phi) is 6.76. The van der Waals surface area contributed by atoms with E-state index in [-0.39, 0.29) is 28.2 Å². The summed E-state index contributed by atoms with van der Waals surface area (Å²) in [5.74, 6) is 0.667. The second-order valence-electron chi connectivity index (χ2n) is 10.4. The van der Waals surface area contributed by atoms with E-state index in [1.165, 1.54) is 35.6 Å². The number of nitrogens with one attached hydrogen (secondary N) is 1. The fourth-order valence-electron chi connectivity index (χ4n) is 5.53. The van der Waals surface area contributed by atoms with Crippen LogP contribution in [0.1, 0.15) is 62.8 Å². The van der Waals surface area contributed by atoms with Gasteiger partial charge in [0.2, 0.25) is 17.4 Å². The molecule has 2 amide bonds. The SMILES string of the molecule is O=C(CCCn1ccccc1=O)NS(=O)(=O)c1ccc(C2CCN(C(=O)C3(C4CC4)CC3)CC2)cc1. The van der Waals surface area contributed by atoms with Crippen molar-refractivity contribution in [3.05, 3.63) is 64.6 Å². The van der Waals surface area contributed by atoms with E-state index in [0.717, 1.165) is 44.3 Å². The average molecular weight is 512 g/mol. The molecular formula is C27H33N3O5S. The van der Waals surface area contributed by atoms with Gasteiger partial charge in [-0.1, -0.05) is 18.2 Å². The predicted molar refractivity (Wildman–Crippen MR) is 135 cm³/mol. The van der Waals surface area contributed by atoms with Crippen molar-refractivity contribution in [2.24, 2.45) is 11.3 Å². The Morgan fingerprint density at radius 1 is 0.972 bits per heavy atom. The molecular weight excluding hydrogens is 478 g/mol. The van der Waals surface area contributed by atoms with E-state index in [0.29, 0.717) is 24.8 Å². The van der Waals surface area contributed by atoms with E-state index in [1.54, 1.807) is 18.3 Å². The van der Waals surface area contributed by atoms with Crippen molar-refractivity contribution in [2.45, 2.75) is 68.7 Å². The maximum Gasteiger partial charge on any atom is 0.264 e. The summed E-state index contributed by atoms with van der Waals surface area (Å²) in [4.78, 5) is 39.0. The lowest BCUT2D eigenvalue weighted by Crippen LogP contribution is -2.42. The highest BCUT2D eigenvalue weighted by molar-refractivity contribution is 7.90. The molecule has 3 aliphatic rings. The van der Waals surface area contributed by atoms with Crippen molar-refractivity contribution in [3.8, 4) is 0 Å². The Hall–Kier alpha value is -2.94. The molecule has 1 aromatic heterocycles. The summed E-state index contributed by atoms with van der Waals surface area (Å²) in [6.07, 6.45) is 8.24. The smallest absolute Gasteiger partial charge is 0.264 e. The van der Waals surface area contributed by atoms with Crippen LogP contribution in [0.5, 0.6) is 0 Å². The molecule has 1 saturated heterocycles. The van der Waals surface area contributed by atoms with Crippen LogP contribution < -0.4 is 10.3 Å². The Labute approximate surface area is 211 Å². The lowest BCUT2D eigenvalue weighted by Gasteiger charge is -2.34. The Morgan fingerprint density at radius 3 is 2.28 bits per heavy atom. The first kappa shape index (κ1) is 24.7. The zero-order valence-corrected chi connectivity index (χ0v) is 21.2. The number of likely N-dealkylation sites (tertiary alicyclic amines) is 1. The number of pyridine rings is 1. The zero-order chi connectivity index (χ0) is 25.3. The van der Waals surface area contributed by atoms with Crippen LogP contribution in [-0.2, 0) is 26.2 Å². The van der Waals surface area contributed by atoms with Crippen LogP contribution in [0.3, 0.4) is 0 Å². The zero-order valence-electron chi connectivity index (χ0n) is 20.4. The molecule has 0 radical (unpaired) electrons. The maximum atomic E-state index is 13.0. The fraction of sp³-hybridized carbons (Fsp3) is 0.519. The largest absolute Gasteiger partial charge is 0.342 e. The number of carbonyl (C=O) groups excluding carboxylic acids is 2. The van der Waals surface area contributed by atoms with Crippen LogP contribution in [0.15, 0.2) is 58.4 Å². The maximum absolute atomic E-state index is 13.0. The van der Waals surface area contributed by atoms with E-state index in [2.05, 4.69) is 4.72 Å². The number of piperidine rings is 1. The summed E-state index contributed by atoms with van der Waals surface area (Å²) < 4.78 is 28.9. The minimum atomic E-state index is -3.96. The molecule has 192 valence electrons. The third kappa shape index (κ3) is 5.26. The molecule has 3 fully saturated rings. The number of aryl methyl sites for hydroxylation is 1. The number of benzene rings is 1. The molecule has 36 heavy (non-hydrogen) atoms. The number of aromatic nitrogens is 1. The topological polar surface area (TPSA) is 106 Å². The molecule has 2 saturated carbocycles. The van der Waals surface area contributed by atoms with Crippen LogP contribution in [0.4, 0.5) is 0 Å². The molecule has 9 heteroatoms. The molecule has 0 spiro atoms. The number of carbonyl (C=O) groups is 2. The summed E-state index contributed by atoms with van der Waals surface area (Å²) >= 11 is 0. The monoisotopic (exact) mass is 511 g/mol. The summed E-state index contributed by atoms with van der Waals surface area (Å²) in [6.45, 7) is 1.85. The average Bonchev–Trinajstić information content (AvgIpc) is 3.78. The predicted octanol–water partition coefficient (Wildman–Crippen LogP) is 3.03. The molecule has 2 heterocycles. The molecule has 0 atom stereocenters. The Balaban J connectivity index is 1.11. The van der Waals surface area contributed by atoms with E-state index in [4.69, 9.17) is 0 Å². The molecule has 0 bridgehead atoms. The normalized spacial score (nSPS) is 19.6. The van der Waals surface area contributed by atoms with Gasteiger partial charge in [0, 0.05) is 38.3 Å². The van der Waals surface area contributed by atoms with E-state index < -0.39 is 15.9 Å². The highest BCUT2D eigenvalue weighted by atomic mass is 32.2. The van der Waals surface area contributed by atoms with Gasteiger partial charge in [-0.2, -0.15) is 0 Å². The van der Waals surface area contributed by atoms with Crippen molar-refractivity contribution in [1.29, 1.82) is 0 Å². The van der Waals surface area contributed by atoms with Crippen molar-refractivity contribution < 1.29 is 18.0 Å². The highest BCUT2D eigenvalue weighted by Gasteiger charge is 2.60. The quantitative estimate of drug-likeness (QED) is 0.557. The minimum Gasteiger partial charge on any atom is -0.342 e. The molecule has 2 aromatic rings. The van der Waals surface area contributed by atoms with Crippen molar-refractivity contribution in [3.63, 3.8) is 0 Å². The molecule has 1 N–H and O–H groups in total. The number of hydrogen-bond acceptors (Lipinski definition) is 5. The van der Waals surface area contributed by atoms with Crippen LogP contribution in [0, 0.1) is 11.3 Å². The first-order valence-electron chi connectivity index (χ1n) is 12.9. The third-order valence-corrected chi connectivity index (χ3v) is 9.36. The van der Waals surface area contributed by atoms with Gasteiger partial charge in [-0.05, 0) is 80.5 Å². The van der Waals surface area contributed by atoms with E-state index >= 15 is 0 Å². The lowest BCUT2D eigenvalue weighted by atomic mass is 9.88. The summed E-state index contributed by atoms with van der Waals surface area (Å²) in [5, 5.41) is 0. The molecule has 2 aliphatic carbocycles. The fourth-order valence-corrected chi connectivity index (χ4v) is 6.55. The van der Waals surface area contributed by atoms with Gasteiger partial charge >= 0.3 is 0 Å². The number of sulfonamides is 1. The van der Waals surface area contributed by atoms with Gasteiger partial charge in [-0.3, -0.25) is 14.4 Å². The standard InChI is InChI=1S/C27H33N3O5S/c31-24(4-3-17-29-16-2-1-5-25(29)32)28-36(34,35)23-10-6-20(7-11-23)21-12-18-30(19-13-21)26(33)27(14-15-27)22-8-9-22/h1-2,5-7,10-11,16,21-22H,3-4,8-9,12-15,17-19H2,(H,28,31). The molecule has 0 unspecified atom stereocenters. The number of hydrogen-bond donors (Lipinski definition) is 1. The molecule has 1 aliphatic heterocycles. The van der Waals surface area contributed by atoms with Gasteiger partial charge in [-0.25, -0.2) is 13.1 Å². The first-order valence-corrected chi connectivity index (χ1v) is 14.4. The number of nitrogens with zero attached hydrogens (tertiary/aromatic N) is 2. The molecule has 5 rings (SSSR count). The van der Waals surface area contributed by atoms with E-state index in [1.807, 2.05) is 17.0 Å². The van der Waals surface area contributed by atoms with Crippen LogP contribution >= 0.6 is 0 Å². The summed E-state index contributed by atoms with van der Waals surface area (Å²) in [7, 11) is -3.96. The summed E-state index contributed by atoms with van der Waals surface area (Å²) in [5.41, 5.74) is 0.865. The minimum absolute atomic E-state index is 0.00201. The van der Waals surface area contributed by atoms with Crippen LogP contribution in [-0.4, -0.2) is 42.8 Å². The lowest BCUT2D eigenvalue weighted by molar-refractivity contribution is -0.139. The molecule has 1 aromatic carbocycles. The molecule has 8 nitrogen and oxygen atoms in total.